The maximum atomic E-state index is 13.2. The van der Waals surface area contributed by atoms with Crippen LogP contribution in [0.25, 0.3) is 0 Å². The normalized spacial score (nSPS) is 18.8. The number of aliphatic carboxylic acids is 1. The summed E-state index contributed by atoms with van der Waals surface area (Å²) >= 11 is 12.8. The van der Waals surface area contributed by atoms with Crippen molar-refractivity contribution in [3.63, 3.8) is 0 Å². The van der Waals surface area contributed by atoms with Crippen molar-refractivity contribution in [1.29, 1.82) is 0 Å². The summed E-state index contributed by atoms with van der Waals surface area (Å²) in [6.45, 7) is 7.13. The van der Waals surface area contributed by atoms with Gasteiger partial charge in [-0.15, -0.1) is 0 Å². The fraction of sp³-hybridized carbons (Fsp3) is 0.625. The molecule has 0 spiro atoms. The Morgan fingerprint density at radius 1 is 1.23 bits per heavy atom. The third-order valence-electron chi connectivity index (χ3n) is 5.76. The monoisotopic (exact) mass is 532 g/mol. The molecule has 0 aliphatic carbocycles. The minimum atomic E-state index is -1.03. The van der Waals surface area contributed by atoms with Crippen molar-refractivity contribution < 1.29 is 33.7 Å². The number of halogens is 2. The van der Waals surface area contributed by atoms with E-state index < -0.39 is 29.7 Å². The number of ether oxygens (including phenoxy) is 3. The first-order chi connectivity index (χ1) is 16.3. The van der Waals surface area contributed by atoms with Gasteiger partial charge in [0.1, 0.15) is 18.0 Å². The Kier molecular flexibility index (Phi) is 10.1. The molecule has 0 saturated carbocycles. The van der Waals surface area contributed by atoms with Crippen molar-refractivity contribution in [3.8, 4) is 5.75 Å². The Balaban J connectivity index is 2.45. The van der Waals surface area contributed by atoms with E-state index in [4.69, 9.17) is 37.4 Å². The van der Waals surface area contributed by atoms with Gasteiger partial charge in [-0.2, -0.15) is 0 Å². The average Bonchev–Trinajstić information content (AvgIpc) is 3.15. The molecule has 0 bridgehead atoms. The van der Waals surface area contributed by atoms with Crippen LogP contribution in [0.2, 0.25) is 10.0 Å². The molecule has 1 fully saturated rings. The molecule has 2 amide bonds. The van der Waals surface area contributed by atoms with Crippen LogP contribution in [0.5, 0.6) is 5.75 Å². The Morgan fingerprint density at radius 2 is 1.89 bits per heavy atom. The zero-order valence-corrected chi connectivity index (χ0v) is 22.5. The molecule has 3 atom stereocenters. The highest BCUT2D eigenvalue weighted by Crippen LogP contribution is 2.43. The quantitative estimate of drug-likeness (QED) is 0.501. The van der Waals surface area contributed by atoms with E-state index >= 15 is 0 Å². The smallest absolute Gasteiger partial charge is 0.410 e. The van der Waals surface area contributed by atoms with Crippen molar-refractivity contribution in [2.75, 3.05) is 33.9 Å². The lowest BCUT2D eigenvalue weighted by molar-refractivity contribution is -0.142. The Labute approximate surface area is 216 Å². The molecule has 1 aromatic carbocycles. The molecular weight excluding hydrogens is 499 g/mol. The lowest BCUT2D eigenvalue weighted by atomic mass is 9.95. The number of rotatable bonds is 9. The highest BCUT2D eigenvalue weighted by atomic mass is 35.5. The van der Waals surface area contributed by atoms with Crippen LogP contribution in [0.4, 0.5) is 4.79 Å². The molecule has 0 unspecified atom stereocenters. The topological polar surface area (TPSA) is 106 Å². The van der Waals surface area contributed by atoms with Gasteiger partial charge < -0.3 is 29.1 Å². The number of carboxylic acid groups (broad SMARTS) is 1. The Hall–Kier alpha value is -2.23. The van der Waals surface area contributed by atoms with Gasteiger partial charge in [0.2, 0.25) is 5.91 Å². The molecule has 2 rings (SSSR count). The lowest BCUT2D eigenvalue weighted by Crippen LogP contribution is -2.50. The van der Waals surface area contributed by atoms with E-state index in [0.29, 0.717) is 27.8 Å². The number of carbonyl (C=O) groups excluding carboxylic acids is 2. The first-order valence-corrected chi connectivity index (χ1v) is 12.1. The van der Waals surface area contributed by atoms with E-state index in [9.17, 15) is 19.5 Å². The van der Waals surface area contributed by atoms with Crippen molar-refractivity contribution >= 4 is 41.2 Å². The maximum Gasteiger partial charge on any atom is 0.410 e. The van der Waals surface area contributed by atoms with Crippen LogP contribution in [0, 0.1) is 0 Å². The number of nitrogens with zero attached hydrogens (tertiary/aromatic N) is 2. The van der Waals surface area contributed by atoms with Gasteiger partial charge >= 0.3 is 12.1 Å². The van der Waals surface area contributed by atoms with Gasteiger partial charge in [-0.1, -0.05) is 23.2 Å². The average molecular weight is 533 g/mol. The number of benzene rings is 1. The van der Waals surface area contributed by atoms with E-state index in [1.165, 1.54) is 19.1 Å². The van der Waals surface area contributed by atoms with Gasteiger partial charge in [0.25, 0.3) is 0 Å². The van der Waals surface area contributed by atoms with Crippen LogP contribution >= 0.6 is 23.2 Å². The van der Waals surface area contributed by atoms with Gasteiger partial charge in [0, 0.05) is 37.7 Å². The third-order valence-corrected chi connectivity index (χ3v) is 6.58. The minimum Gasteiger partial charge on any atom is -0.496 e. The second-order valence-corrected chi connectivity index (χ2v) is 10.4. The second-order valence-electron chi connectivity index (χ2n) is 9.62. The zero-order chi connectivity index (χ0) is 26.5. The van der Waals surface area contributed by atoms with Crippen LogP contribution in [0.15, 0.2) is 12.1 Å². The molecule has 196 valence electrons. The molecule has 11 heteroatoms. The summed E-state index contributed by atoms with van der Waals surface area (Å²) in [5, 5.41) is 9.99. The number of likely N-dealkylation sites (tertiary alicyclic amines) is 1. The van der Waals surface area contributed by atoms with Crippen molar-refractivity contribution in [1.82, 2.24) is 9.80 Å². The molecule has 1 N–H and O–H groups in total. The summed E-state index contributed by atoms with van der Waals surface area (Å²) < 4.78 is 16.2. The molecule has 0 aromatic heterocycles. The molecule has 1 heterocycles. The molecule has 1 aliphatic rings. The molecule has 0 radical (unpaired) electrons. The fourth-order valence-electron chi connectivity index (χ4n) is 4.27. The van der Waals surface area contributed by atoms with E-state index in [2.05, 4.69) is 0 Å². The number of amides is 2. The Morgan fingerprint density at radius 3 is 2.43 bits per heavy atom. The summed E-state index contributed by atoms with van der Waals surface area (Å²) in [5.74, 6) is -1.10. The van der Waals surface area contributed by atoms with Gasteiger partial charge in [-0.25, -0.2) is 4.79 Å². The van der Waals surface area contributed by atoms with E-state index in [1.807, 2.05) is 0 Å². The predicted molar refractivity (Wildman–Crippen MR) is 132 cm³/mol. The van der Waals surface area contributed by atoms with Gasteiger partial charge in [0.15, 0.2) is 0 Å². The Bertz CT molecular complexity index is 935. The van der Waals surface area contributed by atoms with Crippen LogP contribution in [-0.4, -0.2) is 84.5 Å². The largest absolute Gasteiger partial charge is 0.496 e. The van der Waals surface area contributed by atoms with Crippen LogP contribution < -0.4 is 4.74 Å². The van der Waals surface area contributed by atoms with Crippen LogP contribution in [-0.2, 0) is 19.1 Å². The third kappa shape index (κ3) is 7.62. The number of methoxy groups -OCH3 is 2. The molecular formula is C24H34Cl2N2O7. The van der Waals surface area contributed by atoms with Crippen LogP contribution in [0.1, 0.15) is 52.0 Å². The maximum absolute atomic E-state index is 13.2. The first-order valence-electron chi connectivity index (χ1n) is 11.3. The van der Waals surface area contributed by atoms with Crippen LogP contribution in [0.3, 0.4) is 0 Å². The summed E-state index contributed by atoms with van der Waals surface area (Å²) in [6, 6.07) is 2.28. The standard InChI is InChI=1S/C24H34Cl2N2O7/c1-14(9-20(30)31)27(19(29)13-33-5)12-16-10-15(11-28(16)23(32)35-24(2,3)4)21-18(34-6)8-7-17(25)22(21)26/h7-8,14-16H,9-13H2,1-6H3,(H,30,31)/t14-,15+,16+/m1/s1. The zero-order valence-electron chi connectivity index (χ0n) is 21.0. The van der Waals surface area contributed by atoms with Gasteiger partial charge in [0.05, 0.1) is 29.6 Å². The summed E-state index contributed by atoms with van der Waals surface area (Å²) in [5.41, 5.74) is -0.0566. The predicted octanol–water partition coefficient (Wildman–Crippen LogP) is 4.43. The summed E-state index contributed by atoms with van der Waals surface area (Å²) in [4.78, 5) is 40.3. The molecule has 1 aliphatic heterocycles. The van der Waals surface area contributed by atoms with Gasteiger partial charge in [-0.05, 0) is 46.2 Å². The van der Waals surface area contributed by atoms with Crippen molar-refractivity contribution in [3.05, 3.63) is 27.7 Å². The number of hydrogen-bond acceptors (Lipinski definition) is 6. The van der Waals surface area contributed by atoms with E-state index in [1.54, 1.807) is 44.7 Å². The molecule has 1 aromatic rings. The SMILES string of the molecule is COCC(=O)N(C[C@@H]1C[C@H](c2c(OC)ccc(Cl)c2Cl)CN1C(=O)OC(C)(C)C)[C@H](C)CC(=O)O. The minimum absolute atomic E-state index is 0.104. The number of hydrogen-bond donors (Lipinski definition) is 1. The number of carboxylic acids is 1. The highest BCUT2D eigenvalue weighted by molar-refractivity contribution is 6.42. The summed E-state index contributed by atoms with van der Waals surface area (Å²) in [7, 11) is 2.92. The molecule has 35 heavy (non-hydrogen) atoms. The molecule has 1 saturated heterocycles. The fourth-order valence-corrected chi connectivity index (χ4v) is 4.75. The lowest BCUT2D eigenvalue weighted by Gasteiger charge is -2.34. The summed E-state index contributed by atoms with van der Waals surface area (Å²) in [6.07, 6.45) is -0.342. The van der Waals surface area contributed by atoms with Crippen molar-refractivity contribution in [2.45, 2.75) is 64.1 Å². The molecule has 9 nitrogen and oxygen atoms in total. The van der Waals surface area contributed by atoms with E-state index in [-0.39, 0.29) is 37.9 Å². The number of carbonyl (C=O) groups is 3. The highest BCUT2D eigenvalue weighted by Gasteiger charge is 2.42. The second kappa shape index (κ2) is 12.1. The van der Waals surface area contributed by atoms with Crippen molar-refractivity contribution in [2.24, 2.45) is 0 Å². The van der Waals surface area contributed by atoms with E-state index in [0.717, 1.165) is 0 Å². The van der Waals surface area contributed by atoms with Gasteiger partial charge in [-0.3, -0.25) is 9.59 Å². The first kappa shape index (κ1) is 29.0.